The number of pyridine rings is 1. The highest BCUT2D eigenvalue weighted by molar-refractivity contribution is 14.1. The summed E-state index contributed by atoms with van der Waals surface area (Å²) in [5, 5.41) is 0. The van der Waals surface area contributed by atoms with Crippen LogP contribution in [0.4, 0.5) is 0 Å². The van der Waals surface area contributed by atoms with Crippen molar-refractivity contribution < 1.29 is 9.53 Å². The molecule has 0 saturated heterocycles. The molecular formula is C8H8INO3. The van der Waals surface area contributed by atoms with Gasteiger partial charge in [0.2, 0.25) is 0 Å². The lowest BCUT2D eigenvalue weighted by atomic mass is 10.2. The average Bonchev–Trinajstić information content (AvgIpc) is 2.10. The highest BCUT2D eigenvalue weighted by Crippen LogP contribution is 2.08. The minimum absolute atomic E-state index is 0.0394. The normalized spacial score (nSPS) is 9.77. The second-order valence-electron chi connectivity index (χ2n) is 2.48. The summed E-state index contributed by atoms with van der Waals surface area (Å²) in [6, 6.07) is 1.51. The number of hydrogen-bond donors (Lipinski definition) is 1. The van der Waals surface area contributed by atoms with Gasteiger partial charge in [-0.3, -0.25) is 4.79 Å². The van der Waals surface area contributed by atoms with Crippen molar-refractivity contribution in [2.75, 3.05) is 7.11 Å². The Morgan fingerprint density at radius 2 is 2.23 bits per heavy atom. The van der Waals surface area contributed by atoms with Crippen LogP contribution in [0.25, 0.3) is 0 Å². The number of H-pyrrole nitrogens is 1. The molecular weight excluding hydrogens is 285 g/mol. The van der Waals surface area contributed by atoms with E-state index in [-0.39, 0.29) is 5.56 Å². The zero-order valence-electron chi connectivity index (χ0n) is 7.18. The average molecular weight is 293 g/mol. The van der Waals surface area contributed by atoms with Gasteiger partial charge in [-0.15, -0.1) is 0 Å². The molecule has 0 unspecified atom stereocenters. The molecule has 0 aromatic carbocycles. The molecule has 1 aromatic rings. The van der Waals surface area contributed by atoms with Gasteiger partial charge in [-0.25, -0.2) is 4.79 Å². The first-order valence-electron chi connectivity index (χ1n) is 3.54. The molecule has 0 aliphatic heterocycles. The molecule has 4 nitrogen and oxygen atoms in total. The topological polar surface area (TPSA) is 59.2 Å². The Hall–Kier alpha value is -0.850. The zero-order valence-corrected chi connectivity index (χ0v) is 9.34. The summed E-state index contributed by atoms with van der Waals surface area (Å²) in [5.41, 5.74) is 0.375. The molecule has 5 heteroatoms. The van der Waals surface area contributed by atoms with Crippen molar-refractivity contribution in [3.05, 3.63) is 31.2 Å². The summed E-state index contributed by atoms with van der Waals surface area (Å²) in [7, 11) is 1.24. The van der Waals surface area contributed by atoms with Crippen LogP contribution in [0.15, 0.2) is 10.9 Å². The fraction of sp³-hybridized carbons (Fsp3) is 0.250. The maximum absolute atomic E-state index is 11.2. The Morgan fingerprint density at radius 3 is 2.77 bits per heavy atom. The van der Waals surface area contributed by atoms with E-state index in [1.165, 1.54) is 13.2 Å². The third-order valence-electron chi connectivity index (χ3n) is 1.58. The van der Waals surface area contributed by atoms with Gasteiger partial charge in [-0.2, -0.15) is 0 Å². The standard InChI is InChI=1S/C8H8INO3/c1-4-6(9)3-5(7(11)10-4)8(12)13-2/h3H,1-2H3,(H,10,11). The second-order valence-corrected chi connectivity index (χ2v) is 3.64. The number of aromatic amines is 1. The van der Waals surface area contributed by atoms with Crippen molar-refractivity contribution in [3.63, 3.8) is 0 Å². The number of methoxy groups -OCH3 is 1. The van der Waals surface area contributed by atoms with Gasteiger partial charge in [0.1, 0.15) is 5.56 Å². The van der Waals surface area contributed by atoms with E-state index in [0.717, 1.165) is 9.26 Å². The minimum atomic E-state index is -0.612. The molecule has 0 radical (unpaired) electrons. The largest absolute Gasteiger partial charge is 0.465 e. The molecule has 1 heterocycles. The lowest BCUT2D eigenvalue weighted by molar-refractivity contribution is 0.0598. The Kier molecular flexibility index (Phi) is 3.07. The predicted molar refractivity (Wildman–Crippen MR) is 55.9 cm³/mol. The van der Waals surface area contributed by atoms with E-state index < -0.39 is 11.5 Å². The number of halogens is 1. The summed E-state index contributed by atoms with van der Waals surface area (Å²) in [4.78, 5) is 24.8. The summed E-state index contributed by atoms with van der Waals surface area (Å²) >= 11 is 2.04. The van der Waals surface area contributed by atoms with E-state index in [2.05, 4.69) is 9.72 Å². The Labute approximate surface area is 88.4 Å². The molecule has 0 spiro atoms. The monoisotopic (exact) mass is 293 g/mol. The molecule has 0 atom stereocenters. The van der Waals surface area contributed by atoms with Crippen LogP contribution >= 0.6 is 22.6 Å². The number of carbonyl (C=O) groups is 1. The zero-order chi connectivity index (χ0) is 10.0. The third kappa shape index (κ3) is 2.09. The lowest BCUT2D eigenvalue weighted by Crippen LogP contribution is -2.20. The Morgan fingerprint density at radius 1 is 1.62 bits per heavy atom. The molecule has 0 bridgehead atoms. The summed E-state index contributed by atoms with van der Waals surface area (Å²) < 4.78 is 5.28. The van der Waals surface area contributed by atoms with Crippen LogP contribution < -0.4 is 5.56 Å². The van der Waals surface area contributed by atoms with Crippen LogP contribution in [0.5, 0.6) is 0 Å². The Balaban J connectivity index is 3.32. The first kappa shape index (κ1) is 10.2. The van der Waals surface area contributed by atoms with Crippen LogP contribution in [0.1, 0.15) is 16.1 Å². The number of aryl methyl sites for hydroxylation is 1. The molecule has 0 aliphatic carbocycles. The number of hydrogen-bond acceptors (Lipinski definition) is 3. The van der Waals surface area contributed by atoms with Gasteiger partial charge in [-0.05, 0) is 35.6 Å². The van der Waals surface area contributed by atoms with Crippen LogP contribution in [0.3, 0.4) is 0 Å². The highest BCUT2D eigenvalue weighted by Gasteiger charge is 2.11. The quantitative estimate of drug-likeness (QED) is 0.622. The van der Waals surface area contributed by atoms with Gasteiger partial charge < -0.3 is 9.72 Å². The van der Waals surface area contributed by atoms with E-state index in [0.29, 0.717) is 0 Å². The molecule has 70 valence electrons. The first-order valence-corrected chi connectivity index (χ1v) is 4.62. The molecule has 1 N–H and O–H groups in total. The smallest absolute Gasteiger partial charge is 0.343 e. The van der Waals surface area contributed by atoms with Crippen molar-refractivity contribution in [2.45, 2.75) is 6.92 Å². The van der Waals surface area contributed by atoms with Crippen molar-refractivity contribution in [3.8, 4) is 0 Å². The van der Waals surface area contributed by atoms with Gasteiger partial charge in [0.15, 0.2) is 0 Å². The summed E-state index contributed by atoms with van der Waals surface area (Å²) in [6.45, 7) is 1.77. The van der Waals surface area contributed by atoms with Crippen LogP contribution in [-0.2, 0) is 4.74 Å². The van der Waals surface area contributed by atoms with Gasteiger partial charge in [0.05, 0.1) is 7.11 Å². The first-order chi connectivity index (χ1) is 6.06. The molecule has 0 aliphatic rings. The van der Waals surface area contributed by atoms with Gasteiger partial charge >= 0.3 is 5.97 Å². The van der Waals surface area contributed by atoms with Gasteiger partial charge in [-0.1, -0.05) is 0 Å². The number of esters is 1. The van der Waals surface area contributed by atoms with Gasteiger partial charge in [0.25, 0.3) is 5.56 Å². The lowest BCUT2D eigenvalue weighted by Gasteiger charge is -2.01. The maximum atomic E-state index is 11.2. The fourth-order valence-electron chi connectivity index (χ4n) is 0.859. The van der Waals surface area contributed by atoms with Crippen molar-refractivity contribution in [1.82, 2.24) is 4.98 Å². The number of ether oxygens (including phenoxy) is 1. The maximum Gasteiger partial charge on any atom is 0.343 e. The van der Waals surface area contributed by atoms with Crippen molar-refractivity contribution in [1.29, 1.82) is 0 Å². The number of nitrogens with one attached hydrogen (secondary N) is 1. The van der Waals surface area contributed by atoms with Crippen LogP contribution in [-0.4, -0.2) is 18.1 Å². The van der Waals surface area contributed by atoms with E-state index >= 15 is 0 Å². The minimum Gasteiger partial charge on any atom is -0.465 e. The van der Waals surface area contributed by atoms with E-state index in [1.54, 1.807) is 6.92 Å². The summed E-state index contributed by atoms with van der Waals surface area (Å²) in [5.74, 6) is -0.612. The van der Waals surface area contributed by atoms with Crippen molar-refractivity contribution in [2.24, 2.45) is 0 Å². The number of rotatable bonds is 1. The van der Waals surface area contributed by atoms with Gasteiger partial charge in [0, 0.05) is 9.26 Å². The molecule has 1 aromatic heterocycles. The Bertz CT molecular complexity index is 397. The van der Waals surface area contributed by atoms with Crippen LogP contribution in [0, 0.1) is 10.5 Å². The number of aromatic nitrogens is 1. The third-order valence-corrected chi connectivity index (χ3v) is 2.70. The molecule has 0 saturated carbocycles. The fourth-order valence-corrected chi connectivity index (χ4v) is 1.31. The number of carbonyl (C=O) groups excluding carboxylic acids is 1. The summed E-state index contributed by atoms with van der Waals surface area (Å²) in [6.07, 6.45) is 0. The SMILES string of the molecule is COC(=O)c1cc(I)c(C)[nH]c1=O. The van der Waals surface area contributed by atoms with Crippen molar-refractivity contribution >= 4 is 28.6 Å². The van der Waals surface area contributed by atoms with E-state index in [1.807, 2.05) is 22.6 Å². The molecule has 1 rings (SSSR count). The molecule has 0 fully saturated rings. The molecule has 13 heavy (non-hydrogen) atoms. The predicted octanol–water partition coefficient (Wildman–Crippen LogP) is 1.07. The highest BCUT2D eigenvalue weighted by atomic mass is 127. The van der Waals surface area contributed by atoms with Crippen LogP contribution in [0.2, 0.25) is 0 Å². The van der Waals surface area contributed by atoms with E-state index in [4.69, 9.17) is 0 Å². The molecule has 0 amide bonds. The second kappa shape index (κ2) is 3.91. The van der Waals surface area contributed by atoms with E-state index in [9.17, 15) is 9.59 Å².